The Morgan fingerprint density at radius 3 is 2.57 bits per heavy atom. The monoisotopic (exact) mass is 490 g/mol. The molecule has 0 bridgehead atoms. The molecule has 176 valence electrons. The minimum Gasteiger partial charge on any atom is -0.408 e. The molecule has 35 heavy (non-hydrogen) atoms. The number of hydrogen-bond acceptors (Lipinski definition) is 6. The van der Waals surface area contributed by atoms with Gasteiger partial charge in [0.15, 0.2) is 11.2 Å². The summed E-state index contributed by atoms with van der Waals surface area (Å²) in [6, 6.07) is 13.7. The SMILES string of the molecule is Cc1ccc(CNC(=O)c2cc(C(=O)NCc3ccc4oc(=O)[nH]c4c3)nc3ccnn23)cc1Cl. The average molecular weight is 491 g/mol. The van der Waals surface area contributed by atoms with Crippen LogP contribution in [0.1, 0.15) is 37.7 Å². The zero-order valence-electron chi connectivity index (χ0n) is 18.5. The Labute approximate surface area is 202 Å². The zero-order valence-corrected chi connectivity index (χ0v) is 19.2. The predicted molar refractivity (Wildman–Crippen MR) is 128 cm³/mol. The lowest BCUT2D eigenvalue weighted by Gasteiger charge is -2.10. The number of hydrogen-bond donors (Lipinski definition) is 3. The van der Waals surface area contributed by atoms with E-state index in [0.717, 1.165) is 16.7 Å². The molecule has 5 rings (SSSR count). The first-order chi connectivity index (χ1) is 16.9. The van der Waals surface area contributed by atoms with Gasteiger partial charge in [0.2, 0.25) is 0 Å². The number of aryl methyl sites for hydroxylation is 1. The number of oxazole rings is 1. The smallest absolute Gasteiger partial charge is 0.408 e. The number of rotatable bonds is 6. The summed E-state index contributed by atoms with van der Waals surface area (Å²) in [5.74, 6) is -1.43. The number of benzene rings is 2. The third kappa shape index (κ3) is 4.64. The molecule has 11 heteroatoms. The number of amides is 2. The van der Waals surface area contributed by atoms with Gasteiger partial charge in [0.1, 0.15) is 11.4 Å². The molecule has 2 aromatic carbocycles. The molecule has 0 saturated heterocycles. The van der Waals surface area contributed by atoms with E-state index >= 15 is 0 Å². The zero-order chi connectivity index (χ0) is 24.5. The van der Waals surface area contributed by atoms with E-state index < -0.39 is 17.6 Å². The number of aromatic nitrogens is 4. The number of H-pyrrole nitrogens is 1. The van der Waals surface area contributed by atoms with Gasteiger partial charge < -0.3 is 15.1 Å². The second kappa shape index (κ2) is 9.07. The molecule has 10 nitrogen and oxygen atoms in total. The van der Waals surface area contributed by atoms with Gasteiger partial charge in [-0.15, -0.1) is 0 Å². The van der Waals surface area contributed by atoms with E-state index in [2.05, 4.69) is 25.7 Å². The molecule has 0 aliphatic rings. The topological polar surface area (TPSA) is 134 Å². The van der Waals surface area contributed by atoms with Crippen molar-refractivity contribution in [2.45, 2.75) is 20.0 Å². The molecule has 3 heterocycles. The summed E-state index contributed by atoms with van der Waals surface area (Å²) in [6.45, 7) is 2.34. The first-order valence-electron chi connectivity index (χ1n) is 10.7. The van der Waals surface area contributed by atoms with Gasteiger partial charge in [-0.3, -0.25) is 14.6 Å². The Kier molecular flexibility index (Phi) is 5.79. The predicted octanol–water partition coefficient (Wildman–Crippen LogP) is 2.99. The number of halogens is 1. The van der Waals surface area contributed by atoms with Gasteiger partial charge in [-0.05, 0) is 41.8 Å². The lowest BCUT2D eigenvalue weighted by Crippen LogP contribution is -2.28. The molecular weight excluding hydrogens is 472 g/mol. The summed E-state index contributed by atoms with van der Waals surface area (Å²) in [7, 11) is 0. The number of aromatic amines is 1. The van der Waals surface area contributed by atoms with Crippen LogP contribution in [0, 0.1) is 6.92 Å². The first kappa shape index (κ1) is 22.4. The Morgan fingerprint density at radius 2 is 1.77 bits per heavy atom. The Balaban J connectivity index is 1.33. The molecule has 0 unspecified atom stereocenters. The summed E-state index contributed by atoms with van der Waals surface area (Å²) >= 11 is 6.17. The largest absolute Gasteiger partial charge is 0.417 e. The fraction of sp³-hybridized carbons (Fsp3) is 0.125. The van der Waals surface area contributed by atoms with Gasteiger partial charge in [0, 0.05) is 30.2 Å². The van der Waals surface area contributed by atoms with Gasteiger partial charge in [-0.2, -0.15) is 5.10 Å². The summed E-state index contributed by atoms with van der Waals surface area (Å²) < 4.78 is 6.36. The molecule has 0 fully saturated rings. The molecule has 2 amide bonds. The molecule has 3 aromatic heterocycles. The number of nitrogens with zero attached hydrogens (tertiary/aromatic N) is 3. The molecule has 0 saturated carbocycles. The van der Waals surface area contributed by atoms with Crippen LogP contribution in [0.25, 0.3) is 16.7 Å². The summed E-state index contributed by atoms with van der Waals surface area (Å²) in [6.07, 6.45) is 1.50. The van der Waals surface area contributed by atoms with Crippen LogP contribution >= 0.6 is 11.6 Å². The maximum Gasteiger partial charge on any atom is 0.417 e. The van der Waals surface area contributed by atoms with Crippen LogP contribution in [-0.2, 0) is 13.1 Å². The van der Waals surface area contributed by atoms with Crippen molar-refractivity contribution in [3.8, 4) is 0 Å². The first-order valence-corrected chi connectivity index (χ1v) is 11.0. The van der Waals surface area contributed by atoms with Gasteiger partial charge >= 0.3 is 5.76 Å². The van der Waals surface area contributed by atoms with Crippen LogP contribution in [0.15, 0.2) is 63.9 Å². The van der Waals surface area contributed by atoms with Gasteiger partial charge in [-0.25, -0.2) is 14.3 Å². The highest BCUT2D eigenvalue weighted by Gasteiger charge is 2.18. The van der Waals surface area contributed by atoms with Crippen LogP contribution in [0.2, 0.25) is 5.02 Å². The van der Waals surface area contributed by atoms with E-state index in [1.807, 2.05) is 19.1 Å². The van der Waals surface area contributed by atoms with Crippen LogP contribution in [-0.4, -0.2) is 31.4 Å². The Hall–Kier alpha value is -4.44. The van der Waals surface area contributed by atoms with Gasteiger partial charge in [-0.1, -0.05) is 29.8 Å². The van der Waals surface area contributed by atoms with Gasteiger partial charge in [0.25, 0.3) is 11.8 Å². The van der Waals surface area contributed by atoms with Crippen LogP contribution in [0.4, 0.5) is 0 Å². The lowest BCUT2D eigenvalue weighted by atomic mass is 10.1. The minimum atomic E-state index is -0.546. The summed E-state index contributed by atoms with van der Waals surface area (Å²) in [5, 5.41) is 10.4. The van der Waals surface area contributed by atoms with Crippen LogP contribution < -0.4 is 16.4 Å². The Bertz CT molecular complexity index is 1650. The van der Waals surface area contributed by atoms with E-state index in [9.17, 15) is 14.4 Å². The van der Waals surface area contributed by atoms with Crippen molar-refractivity contribution in [1.82, 2.24) is 30.2 Å². The molecule has 0 aliphatic carbocycles. The highest BCUT2D eigenvalue weighted by molar-refractivity contribution is 6.31. The van der Waals surface area contributed by atoms with Crippen molar-refractivity contribution in [3.05, 3.63) is 98.4 Å². The number of fused-ring (bicyclic) bond motifs is 2. The van der Waals surface area contributed by atoms with Crippen molar-refractivity contribution in [3.63, 3.8) is 0 Å². The standard InChI is InChI=1S/C24H19ClN6O4/c1-13-2-3-14(8-16(13)25)11-27-23(33)19-10-18(29-21-6-7-28-31(19)21)22(32)26-12-15-4-5-20-17(9-15)30-24(34)35-20/h2-10H,11-12H2,1H3,(H,26,32)(H,27,33)(H,30,34). The number of carbonyl (C=O) groups is 2. The van der Waals surface area contributed by atoms with Crippen molar-refractivity contribution in [2.75, 3.05) is 0 Å². The van der Waals surface area contributed by atoms with Crippen molar-refractivity contribution in [2.24, 2.45) is 0 Å². The normalized spacial score (nSPS) is 11.1. The van der Waals surface area contributed by atoms with E-state index in [0.29, 0.717) is 21.8 Å². The molecule has 0 spiro atoms. The molecule has 0 radical (unpaired) electrons. The van der Waals surface area contributed by atoms with E-state index in [1.54, 1.807) is 30.3 Å². The molecule has 5 aromatic rings. The molecule has 0 aliphatic heterocycles. The average Bonchev–Trinajstić information content (AvgIpc) is 3.47. The third-order valence-corrected chi connectivity index (χ3v) is 5.86. The highest BCUT2D eigenvalue weighted by Crippen LogP contribution is 2.17. The molecule has 3 N–H and O–H groups in total. The Morgan fingerprint density at radius 1 is 1.03 bits per heavy atom. The van der Waals surface area contributed by atoms with Crippen molar-refractivity contribution < 1.29 is 14.0 Å². The van der Waals surface area contributed by atoms with Crippen LogP contribution in [0.5, 0.6) is 0 Å². The van der Waals surface area contributed by atoms with E-state index in [4.69, 9.17) is 16.0 Å². The number of nitrogens with one attached hydrogen (secondary N) is 3. The van der Waals surface area contributed by atoms with Crippen LogP contribution in [0.3, 0.4) is 0 Å². The summed E-state index contributed by atoms with van der Waals surface area (Å²) in [5.41, 5.74) is 4.11. The third-order valence-electron chi connectivity index (χ3n) is 5.45. The highest BCUT2D eigenvalue weighted by atomic mass is 35.5. The fourth-order valence-corrected chi connectivity index (χ4v) is 3.80. The van der Waals surface area contributed by atoms with Gasteiger partial charge in [0.05, 0.1) is 11.7 Å². The maximum absolute atomic E-state index is 13.0. The van der Waals surface area contributed by atoms with Crippen molar-refractivity contribution >= 4 is 40.2 Å². The van der Waals surface area contributed by atoms with E-state index in [-0.39, 0.29) is 24.5 Å². The quantitative estimate of drug-likeness (QED) is 0.335. The lowest BCUT2D eigenvalue weighted by molar-refractivity contribution is 0.0942. The second-order valence-corrected chi connectivity index (χ2v) is 8.33. The second-order valence-electron chi connectivity index (χ2n) is 7.92. The van der Waals surface area contributed by atoms with E-state index in [1.165, 1.54) is 16.8 Å². The maximum atomic E-state index is 13.0. The number of carbonyl (C=O) groups excluding carboxylic acids is 2. The van der Waals surface area contributed by atoms with Crippen molar-refractivity contribution in [1.29, 1.82) is 0 Å². The fourth-order valence-electron chi connectivity index (χ4n) is 3.59. The molecule has 0 atom stereocenters. The molecular formula is C24H19ClN6O4. The summed E-state index contributed by atoms with van der Waals surface area (Å²) in [4.78, 5) is 44.0. The minimum absolute atomic E-state index is 0.0688.